The van der Waals surface area contributed by atoms with Crippen LogP contribution in [0, 0.1) is 0 Å². The Bertz CT molecular complexity index is 2180. The molecule has 0 saturated heterocycles. The summed E-state index contributed by atoms with van der Waals surface area (Å²) in [5.41, 5.74) is 8.62. The minimum absolute atomic E-state index is 0.196. The predicted octanol–water partition coefficient (Wildman–Crippen LogP) is 8.12. The highest BCUT2D eigenvalue weighted by molar-refractivity contribution is 7.20. The molecule has 1 aliphatic rings. The lowest BCUT2D eigenvalue weighted by molar-refractivity contribution is 0.671. The van der Waals surface area contributed by atoms with Gasteiger partial charge in [0.15, 0.2) is 8.07 Å². The molecule has 0 spiro atoms. The molecule has 0 radical (unpaired) electrons. The number of benzene rings is 7. The summed E-state index contributed by atoms with van der Waals surface area (Å²) in [6, 6.07) is 64.5. The molecule has 8 aromatic rings. The molecule has 7 aromatic carbocycles. The zero-order chi connectivity index (χ0) is 29.8. The van der Waals surface area contributed by atoms with Crippen LogP contribution in [0.25, 0.3) is 33.1 Å². The first-order valence-electron chi connectivity index (χ1n) is 15.6. The minimum Gasteiger partial charge on any atom is -0.456 e. The van der Waals surface area contributed by atoms with E-state index in [1.165, 1.54) is 59.3 Å². The SMILES string of the molecule is c1ccc([Si](c2ccccc2)(c2ccccc2)c2cccc3c2oc2ccc(C4c5ccccc5-c5ccccc54)cc23)cc1. The normalized spacial score (nSPS) is 12.8. The summed E-state index contributed by atoms with van der Waals surface area (Å²) in [5, 5.41) is 7.64. The zero-order valence-electron chi connectivity index (χ0n) is 24.7. The largest absolute Gasteiger partial charge is 0.456 e. The van der Waals surface area contributed by atoms with Gasteiger partial charge in [-0.3, -0.25) is 0 Å². The van der Waals surface area contributed by atoms with Crippen molar-refractivity contribution in [3.05, 3.63) is 193 Å². The Hall–Kier alpha value is -5.44. The van der Waals surface area contributed by atoms with Gasteiger partial charge >= 0.3 is 0 Å². The highest BCUT2D eigenvalue weighted by Gasteiger charge is 2.43. The van der Waals surface area contributed by atoms with E-state index in [0.717, 1.165) is 11.2 Å². The third-order valence-electron chi connectivity index (χ3n) is 9.71. The monoisotopic (exact) mass is 590 g/mol. The van der Waals surface area contributed by atoms with Gasteiger partial charge in [-0.1, -0.05) is 164 Å². The summed E-state index contributed by atoms with van der Waals surface area (Å²) in [6.45, 7) is 0. The summed E-state index contributed by atoms with van der Waals surface area (Å²) >= 11 is 0. The fraction of sp³-hybridized carbons (Fsp3) is 0.0233. The quantitative estimate of drug-likeness (QED) is 0.146. The third-order valence-corrected chi connectivity index (χ3v) is 14.5. The topological polar surface area (TPSA) is 13.1 Å². The Morgan fingerprint density at radius 1 is 0.422 bits per heavy atom. The smallest absolute Gasteiger partial charge is 0.184 e. The van der Waals surface area contributed by atoms with Gasteiger partial charge in [-0.05, 0) is 60.7 Å². The van der Waals surface area contributed by atoms with Crippen molar-refractivity contribution in [2.45, 2.75) is 5.92 Å². The fourth-order valence-corrected chi connectivity index (χ4v) is 12.7. The number of furan rings is 1. The highest BCUT2D eigenvalue weighted by Crippen LogP contribution is 2.48. The molecule has 0 fully saturated rings. The maximum atomic E-state index is 6.95. The molecule has 0 N–H and O–H groups in total. The van der Waals surface area contributed by atoms with Gasteiger partial charge in [-0.25, -0.2) is 0 Å². The van der Waals surface area contributed by atoms with Crippen molar-refractivity contribution in [1.82, 2.24) is 0 Å². The van der Waals surface area contributed by atoms with Crippen molar-refractivity contribution in [2.75, 3.05) is 0 Å². The fourth-order valence-electron chi connectivity index (χ4n) is 7.84. The van der Waals surface area contributed by atoms with Crippen LogP contribution in [-0.4, -0.2) is 8.07 Å². The summed E-state index contributed by atoms with van der Waals surface area (Å²) in [4.78, 5) is 0. The maximum absolute atomic E-state index is 6.95. The van der Waals surface area contributed by atoms with E-state index in [9.17, 15) is 0 Å². The van der Waals surface area contributed by atoms with Gasteiger partial charge in [0.25, 0.3) is 0 Å². The van der Waals surface area contributed by atoms with Gasteiger partial charge in [-0.2, -0.15) is 0 Å². The molecule has 0 saturated carbocycles. The van der Waals surface area contributed by atoms with Crippen molar-refractivity contribution in [3.8, 4) is 11.1 Å². The molecule has 1 aliphatic carbocycles. The average Bonchev–Trinajstić information content (AvgIpc) is 3.66. The van der Waals surface area contributed by atoms with Crippen molar-refractivity contribution in [1.29, 1.82) is 0 Å². The lowest BCUT2D eigenvalue weighted by Gasteiger charge is -2.34. The summed E-state index contributed by atoms with van der Waals surface area (Å²) < 4.78 is 6.95. The molecule has 2 heteroatoms. The average molecular weight is 591 g/mol. The molecule has 0 amide bonds. The summed E-state index contributed by atoms with van der Waals surface area (Å²) in [7, 11) is -2.76. The predicted molar refractivity (Wildman–Crippen MR) is 190 cm³/mol. The van der Waals surface area contributed by atoms with E-state index in [2.05, 4.69) is 176 Å². The van der Waals surface area contributed by atoms with E-state index < -0.39 is 8.07 Å². The molecular weight excluding hydrogens is 561 g/mol. The van der Waals surface area contributed by atoms with E-state index in [1.54, 1.807) is 0 Å². The lowest BCUT2D eigenvalue weighted by atomic mass is 9.88. The van der Waals surface area contributed by atoms with Crippen molar-refractivity contribution in [2.24, 2.45) is 0 Å². The molecule has 212 valence electrons. The second-order valence-electron chi connectivity index (χ2n) is 12.0. The zero-order valence-corrected chi connectivity index (χ0v) is 25.7. The van der Waals surface area contributed by atoms with Crippen LogP contribution >= 0.6 is 0 Å². The van der Waals surface area contributed by atoms with Crippen LogP contribution in [-0.2, 0) is 0 Å². The lowest BCUT2D eigenvalue weighted by Crippen LogP contribution is -2.74. The molecule has 0 bridgehead atoms. The van der Waals surface area contributed by atoms with Crippen LogP contribution in [0.1, 0.15) is 22.6 Å². The van der Waals surface area contributed by atoms with Crippen LogP contribution in [0.5, 0.6) is 0 Å². The van der Waals surface area contributed by atoms with Gasteiger partial charge in [0.05, 0.1) is 0 Å². The van der Waals surface area contributed by atoms with Crippen molar-refractivity contribution < 1.29 is 4.42 Å². The Kier molecular flexibility index (Phi) is 5.97. The molecule has 1 heterocycles. The second-order valence-corrected chi connectivity index (χ2v) is 15.8. The van der Waals surface area contributed by atoms with Crippen molar-refractivity contribution >= 4 is 50.8 Å². The number of fused-ring (bicyclic) bond motifs is 6. The van der Waals surface area contributed by atoms with Crippen LogP contribution in [0.3, 0.4) is 0 Å². The molecule has 0 atom stereocenters. The molecule has 9 rings (SSSR count). The molecule has 0 aliphatic heterocycles. The summed E-state index contributed by atoms with van der Waals surface area (Å²) in [6.07, 6.45) is 0. The minimum atomic E-state index is -2.76. The van der Waals surface area contributed by atoms with Gasteiger partial charge in [0, 0.05) is 16.7 Å². The number of rotatable bonds is 5. The first kappa shape index (κ1) is 26.0. The van der Waals surface area contributed by atoms with E-state index in [-0.39, 0.29) is 5.92 Å². The second kappa shape index (κ2) is 10.3. The van der Waals surface area contributed by atoms with Gasteiger partial charge < -0.3 is 4.42 Å². The molecule has 45 heavy (non-hydrogen) atoms. The number of para-hydroxylation sites is 1. The van der Waals surface area contributed by atoms with E-state index in [1.807, 2.05) is 0 Å². The first-order chi connectivity index (χ1) is 22.3. The van der Waals surface area contributed by atoms with Crippen LogP contribution in [0.15, 0.2) is 180 Å². The molecular formula is C43H30OSi. The van der Waals surface area contributed by atoms with Crippen LogP contribution < -0.4 is 20.7 Å². The van der Waals surface area contributed by atoms with Gasteiger partial charge in [-0.15, -0.1) is 0 Å². The van der Waals surface area contributed by atoms with E-state index in [0.29, 0.717) is 0 Å². The number of hydrogen-bond donors (Lipinski definition) is 0. The third kappa shape index (κ3) is 3.86. The standard InChI is InChI=1S/C43H30OSi/c1-4-15-31(16-5-1)45(32-17-6-2-7-18-32,33-19-8-3-9-20-33)41-26-14-25-38-39-29-30(27-28-40(39)44-43(38)41)42-36-23-12-10-21-34(36)35-22-11-13-24-37(35)42/h1-29,42H. The molecule has 1 nitrogen and oxygen atoms in total. The van der Waals surface area contributed by atoms with E-state index in [4.69, 9.17) is 4.42 Å². The maximum Gasteiger partial charge on any atom is 0.184 e. The van der Waals surface area contributed by atoms with Gasteiger partial charge in [0.2, 0.25) is 0 Å². The first-order valence-corrected chi connectivity index (χ1v) is 17.6. The Balaban J connectivity index is 1.32. The molecule has 0 unspecified atom stereocenters. The van der Waals surface area contributed by atoms with E-state index >= 15 is 0 Å². The highest BCUT2D eigenvalue weighted by atomic mass is 28.3. The summed E-state index contributed by atoms with van der Waals surface area (Å²) in [5.74, 6) is 0.196. The van der Waals surface area contributed by atoms with Crippen molar-refractivity contribution in [3.63, 3.8) is 0 Å². The Morgan fingerprint density at radius 3 is 1.49 bits per heavy atom. The molecule has 1 aromatic heterocycles. The Labute approximate surface area is 264 Å². The Morgan fingerprint density at radius 2 is 0.933 bits per heavy atom. The number of hydrogen-bond acceptors (Lipinski definition) is 1. The van der Waals surface area contributed by atoms with Crippen LogP contribution in [0.2, 0.25) is 0 Å². The van der Waals surface area contributed by atoms with Crippen LogP contribution in [0.4, 0.5) is 0 Å². The van der Waals surface area contributed by atoms with Gasteiger partial charge in [0.1, 0.15) is 11.2 Å².